The first kappa shape index (κ1) is 22.3. The van der Waals surface area contributed by atoms with Gasteiger partial charge in [-0.3, -0.25) is 9.69 Å². The molecule has 5 aliphatic rings. The number of amides is 1. The van der Waals surface area contributed by atoms with E-state index in [2.05, 4.69) is 70.1 Å². The maximum atomic E-state index is 14.0. The molecule has 7 rings (SSSR count). The Morgan fingerprint density at radius 1 is 0.971 bits per heavy atom. The fraction of sp³-hybridized carbons (Fsp3) is 0.567. The number of rotatable bonds is 7. The van der Waals surface area contributed by atoms with E-state index >= 15 is 0 Å². The largest absolute Gasteiger partial charge is 0.350 e. The van der Waals surface area contributed by atoms with E-state index in [1.165, 1.54) is 56.2 Å². The minimum absolute atomic E-state index is 0.230. The zero-order valence-electron chi connectivity index (χ0n) is 20.3. The highest BCUT2D eigenvalue weighted by atomic mass is 16.2. The molecular formula is C30H39N3O. The van der Waals surface area contributed by atoms with E-state index in [0.717, 1.165) is 25.4 Å². The topological polar surface area (TPSA) is 44.4 Å². The summed E-state index contributed by atoms with van der Waals surface area (Å²) in [6, 6.07) is 21.6. The molecule has 2 N–H and O–H groups in total. The van der Waals surface area contributed by atoms with Crippen molar-refractivity contribution in [2.75, 3.05) is 19.6 Å². The van der Waals surface area contributed by atoms with Crippen molar-refractivity contribution in [2.24, 2.45) is 23.7 Å². The predicted octanol–water partition coefficient (Wildman–Crippen LogP) is 4.40. The summed E-state index contributed by atoms with van der Waals surface area (Å²) in [6.07, 6.45) is 9.14. The van der Waals surface area contributed by atoms with Crippen LogP contribution in [0.25, 0.3) is 0 Å². The number of likely N-dealkylation sites (tertiary alicyclic amines) is 1. The fourth-order valence-corrected chi connectivity index (χ4v) is 7.90. The SMILES string of the molecule is O=C(NCc1ccccc1)C12NCC3CC1CN(CC1CCCCC1)C2C3Cc1ccccc1. The molecule has 3 saturated heterocycles. The second-order valence-corrected chi connectivity index (χ2v) is 11.4. The van der Waals surface area contributed by atoms with E-state index in [-0.39, 0.29) is 5.91 Å². The molecule has 0 spiro atoms. The van der Waals surface area contributed by atoms with Crippen molar-refractivity contribution in [1.29, 1.82) is 0 Å². The van der Waals surface area contributed by atoms with Crippen LogP contribution in [0.1, 0.15) is 49.7 Å². The summed E-state index contributed by atoms with van der Waals surface area (Å²) in [7, 11) is 0. The Kier molecular flexibility index (Phi) is 6.21. The highest BCUT2D eigenvalue weighted by molar-refractivity contribution is 5.89. The highest BCUT2D eigenvalue weighted by Gasteiger charge is 2.67. The zero-order chi connectivity index (χ0) is 23.0. The molecule has 2 aromatic rings. The smallest absolute Gasteiger partial charge is 0.242 e. The summed E-state index contributed by atoms with van der Waals surface area (Å²) in [5.74, 6) is 2.65. The average Bonchev–Trinajstić information content (AvgIpc) is 3.15. The van der Waals surface area contributed by atoms with Gasteiger partial charge in [0.05, 0.1) is 0 Å². The highest BCUT2D eigenvalue weighted by Crippen LogP contribution is 2.53. The fourth-order valence-electron chi connectivity index (χ4n) is 7.90. The van der Waals surface area contributed by atoms with Gasteiger partial charge < -0.3 is 10.6 Å². The molecule has 1 amide bonds. The first-order chi connectivity index (χ1) is 16.7. The molecule has 3 aliphatic heterocycles. The molecule has 4 nitrogen and oxygen atoms in total. The molecule has 180 valence electrons. The van der Waals surface area contributed by atoms with Crippen LogP contribution >= 0.6 is 0 Å². The maximum Gasteiger partial charge on any atom is 0.242 e. The molecule has 2 saturated carbocycles. The number of nitrogens with one attached hydrogen (secondary N) is 2. The first-order valence-electron chi connectivity index (χ1n) is 13.6. The van der Waals surface area contributed by atoms with Gasteiger partial charge in [-0.25, -0.2) is 0 Å². The summed E-state index contributed by atoms with van der Waals surface area (Å²) < 4.78 is 0. The number of carbonyl (C=O) groups excluding carboxylic acids is 1. The predicted molar refractivity (Wildman–Crippen MR) is 136 cm³/mol. The lowest BCUT2D eigenvalue weighted by Crippen LogP contribution is -2.76. The summed E-state index contributed by atoms with van der Waals surface area (Å²) in [5, 5.41) is 7.23. The molecule has 4 bridgehead atoms. The van der Waals surface area contributed by atoms with Crippen molar-refractivity contribution in [3.63, 3.8) is 0 Å². The quantitative estimate of drug-likeness (QED) is 0.648. The minimum atomic E-state index is -0.447. The van der Waals surface area contributed by atoms with E-state index < -0.39 is 5.54 Å². The van der Waals surface area contributed by atoms with Crippen LogP contribution in [0.15, 0.2) is 60.7 Å². The van der Waals surface area contributed by atoms with E-state index in [4.69, 9.17) is 0 Å². The van der Waals surface area contributed by atoms with Gasteiger partial charge in [0.2, 0.25) is 5.91 Å². The third kappa shape index (κ3) is 3.99. The second kappa shape index (κ2) is 9.47. The van der Waals surface area contributed by atoms with Crippen LogP contribution in [0.5, 0.6) is 0 Å². The number of fused-ring (bicyclic) bond motifs is 1. The van der Waals surface area contributed by atoms with Crippen molar-refractivity contribution < 1.29 is 4.79 Å². The summed E-state index contributed by atoms with van der Waals surface area (Å²) in [4.78, 5) is 16.8. The van der Waals surface area contributed by atoms with Crippen LogP contribution in [0.4, 0.5) is 0 Å². The Bertz CT molecular complexity index is 973. The van der Waals surface area contributed by atoms with Crippen LogP contribution in [-0.4, -0.2) is 42.0 Å². The van der Waals surface area contributed by atoms with E-state index in [9.17, 15) is 4.79 Å². The van der Waals surface area contributed by atoms with Crippen LogP contribution in [0, 0.1) is 23.7 Å². The monoisotopic (exact) mass is 457 g/mol. The lowest BCUT2D eigenvalue weighted by molar-refractivity contribution is -0.138. The summed E-state index contributed by atoms with van der Waals surface area (Å²) in [5.41, 5.74) is 2.14. The Balaban J connectivity index is 1.28. The Morgan fingerprint density at radius 3 is 2.41 bits per heavy atom. The van der Waals surface area contributed by atoms with Gasteiger partial charge in [0.25, 0.3) is 0 Å². The Labute approximate surface area is 204 Å². The molecule has 5 atom stereocenters. The molecule has 3 heterocycles. The number of benzene rings is 2. The molecule has 34 heavy (non-hydrogen) atoms. The molecular weight excluding hydrogens is 418 g/mol. The molecule has 4 heteroatoms. The van der Waals surface area contributed by atoms with Gasteiger partial charge >= 0.3 is 0 Å². The van der Waals surface area contributed by atoms with Crippen molar-refractivity contribution in [2.45, 2.75) is 63.1 Å². The summed E-state index contributed by atoms with van der Waals surface area (Å²) in [6.45, 7) is 3.84. The van der Waals surface area contributed by atoms with Gasteiger partial charge in [-0.2, -0.15) is 0 Å². The van der Waals surface area contributed by atoms with Gasteiger partial charge in [0.1, 0.15) is 5.54 Å². The Hall–Kier alpha value is -2.17. The molecule has 2 aliphatic carbocycles. The van der Waals surface area contributed by atoms with E-state index in [1.807, 2.05) is 6.07 Å². The third-order valence-corrected chi connectivity index (χ3v) is 9.42. The molecule has 0 aromatic heterocycles. The van der Waals surface area contributed by atoms with E-state index in [1.54, 1.807) is 0 Å². The molecule has 2 aromatic carbocycles. The van der Waals surface area contributed by atoms with Crippen LogP contribution in [-0.2, 0) is 17.8 Å². The lowest BCUT2D eigenvalue weighted by atomic mass is 9.58. The first-order valence-corrected chi connectivity index (χ1v) is 13.6. The number of hydrogen-bond acceptors (Lipinski definition) is 3. The molecule has 5 fully saturated rings. The van der Waals surface area contributed by atoms with Gasteiger partial charge in [-0.15, -0.1) is 0 Å². The van der Waals surface area contributed by atoms with Crippen molar-refractivity contribution in [1.82, 2.24) is 15.5 Å². The van der Waals surface area contributed by atoms with Crippen LogP contribution in [0.2, 0.25) is 0 Å². The normalized spacial score (nSPS) is 33.2. The minimum Gasteiger partial charge on any atom is -0.350 e. The van der Waals surface area contributed by atoms with Crippen molar-refractivity contribution in [3.8, 4) is 0 Å². The van der Waals surface area contributed by atoms with Crippen molar-refractivity contribution >= 4 is 5.91 Å². The Morgan fingerprint density at radius 2 is 1.68 bits per heavy atom. The number of hydrogen-bond donors (Lipinski definition) is 2. The lowest BCUT2D eigenvalue weighted by Gasteiger charge is -2.56. The van der Waals surface area contributed by atoms with Gasteiger partial charge in [-0.1, -0.05) is 79.9 Å². The van der Waals surface area contributed by atoms with Crippen molar-refractivity contribution in [3.05, 3.63) is 71.8 Å². The van der Waals surface area contributed by atoms with Gasteiger partial charge in [-0.05, 0) is 61.1 Å². The van der Waals surface area contributed by atoms with E-state index in [0.29, 0.717) is 30.3 Å². The van der Waals surface area contributed by atoms with Crippen LogP contribution in [0.3, 0.4) is 0 Å². The number of carbonyl (C=O) groups is 1. The standard InChI is InChI=1S/C30H39N3O/c34-29(31-18-23-12-6-2-7-13-23)30-26-17-25(19-32-30)27(16-22-10-4-1-5-11-22)28(30)33(21-26)20-24-14-8-3-9-15-24/h1-2,4-7,10-13,24-28,32H,3,8-9,14-21H2,(H,31,34). The number of nitrogens with zero attached hydrogens (tertiary/aromatic N) is 1. The zero-order valence-corrected chi connectivity index (χ0v) is 20.3. The summed E-state index contributed by atoms with van der Waals surface area (Å²) >= 11 is 0. The second-order valence-electron chi connectivity index (χ2n) is 11.4. The van der Waals surface area contributed by atoms with Crippen LogP contribution < -0.4 is 10.6 Å². The number of piperidine rings is 2. The van der Waals surface area contributed by atoms with Gasteiger partial charge in [0, 0.05) is 31.6 Å². The third-order valence-electron chi connectivity index (χ3n) is 9.42. The van der Waals surface area contributed by atoms with Gasteiger partial charge in [0.15, 0.2) is 0 Å². The molecule has 0 radical (unpaired) electrons. The molecule has 5 unspecified atom stereocenters. The average molecular weight is 458 g/mol. The maximum absolute atomic E-state index is 14.0.